The summed E-state index contributed by atoms with van der Waals surface area (Å²) in [4.78, 5) is 19.9. The van der Waals surface area contributed by atoms with Crippen LogP contribution in [0.15, 0.2) is 48.9 Å². The van der Waals surface area contributed by atoms with E-state index in [-0.39, 0.29) is 17.2 Å². The monoisotopic (exact) mass is 347 g/mol. The third-order valence-corrected chi connectivity index (χ3v) is 3.29. The fraction of sp³-hybridized carbons (Fsp3) is 0.125. The Bertz CT molecular complexity index is 906. The molecular formula is C16H12F3N5O. The number of aryl methyl sites for hydroxylation is 1. The number of hydrogen-bond acceptors (Lipinski definition) is 4. The summed E-state index contributed by atoms with van der Waals surface area (Å²) in [6.07, 6.45) is -0.396. The number of alkyl halides is 3. The number of benzene rings is 1. The molecule has 0 saturated heterocycles. The Labute approximate surface area is 140 Å². The van der Waals surface area contributed by atoms with Crippen LogP contribution in [0.4, 0.5) is 19.0 Å². The Morgan fingerprint density at radius 2 is 2.00 bits per heavy atom. The highest BCUT2D eigenvalue weighted by molar-refractivity contribution is 6.02. The van der Waals surface area contributed by atoms with Crippen molar-refractivity contribution >= 4 is 11.7 Å². The second-order valence-electron chi connectivity index (χ2n) is 5.18. The topological polar surface area (TPSA) is 72.7 Å². The first-order valence-electron chi connectivity index (χ1n) is 7.16. The van der Waals surface area contributed by atoms with Gasteiger partial charge in [0.15, 0.2) is 0 Å². The fourth-order valence-electron chi connectivity index (χ4n) is 2.20. The van der Waals surface area contributed by atoms with Crippen LogP contribution < -0.4 is 5.32 Å². The molecule has 0 radical (unpaired) electrons. The van der Waals surface area contributed by atoms with Crippen molar-refractivity contribution in [2.24, 2.45) is 0 Å². The van der Waals surface area contributed by atoms with Gasteiger partial charge in [-0.05, 0) is 25.1 Å². The van der Waals surface area contributed by atoms with E-state index in [9.17, 15) is 18.0 Å². The predicted octanol–water partition coefficient (Wildman–Crippen LogP) is 3.24. The molecule has 0 bridgehead atoms. The summed E-state index contributed by atoms with van der Waals surface area (Å²) in [6.45, 7) is 1.67. The number of hydrogen-bond donors (Lipinski definition) is 1. The molecule has 0 spiro atoms. The first kappa shape index (κ1) is 16.6. The van der Waals surface area contributed by atoms with E-state index in [2.05, 4.69) is 20.4 Å². The zero-order chi connectivity index (χ0) is 18.0. The number of nitrogens with one attached hydrogen (secondary N) is 1. The molecule has 6 nitrogen and oxygen atoms in total. The molecule has 2 aromatic heterocycles. The van der Waals surface area contributed by atoms with Crippen molar-refractivity contribution in [3.8, 4) is 5.69 Å². The van der Waals surface area contributed by atoms with Gasteiger partial charge in [-0.3, -0.25) is 9.78 Å². The minimum Gasteiger partial charge on any atom is -0.305 e. The number of amides is 1. The van der Waals surface area contributed by atoms with Crippen LogP contribution in [0.25, 0.3) is 5.69 Å². The smallest absolute Gasteiger partial charge is 0.305 e. The number of carbonyl (C=O) groups excluding carboxylic acids is 1. The summed E-state index contributed by atoms with van der Waals surface area (Å²) in [5, 5.41) is 6.73. The first-order chi connectivity index (χ1) is 11.8. The van der Waals surface area contributed by atoms with Crippen molar-refractivity contribution in [3.63, 3.8) is 0 Å². The molecule has 0 saturated carbocycles. The predicted molar refractivity (Wildman–Crippen MR) is 83.3 cm³/mol. The highest BCUT2D eigenvalue weighted by Gasteiger charge is 2.30. The van der Waals surface area contributed by atoms with E-state index in [4.69, 9.17) is 0 Å². The van der Waals surface area contributed by atoms with E-state index >= 15 is 0 Å². The van der Waals surface area contributed by atoms with Crippen molar-refractivity contribution in [1.82, 2.24) is 19.7 Å². The van der Waals surface area contributed by atoms with Crippen LogP contribution in [0.5, 0.6) is 0 Å². The lowest BCUT2D eigenvalue weighted by molar-refractivity contribution is -0.137. The number of anilines is 1. The number of rotatable bonds is 3. The van der Waals surface area contributed by atoms with Crippen LogP contribution in [0.3, 0.4) is 0 Å². The Morgan fingerprint density at radius 3 is 2.68 bits per heavy atom. The summed E-state index contributed by atoms with van der Waals surface area (Å²) in [7, 11) is 0. The van der Waals surface area contributed by atoms with E-state index in [0.717, 1.165) is 12.1 Å². The highest BCUT2D eigenvalue weighted by Crippen LogP contribution is 2.31. The Balaban J connectivity index is 1.96. The zero-order valence-corrected chi connectivity index (χ0v) is 12.9. The molecule has 3 aromatic rings. The van der Waals surface area contributed by atoms with Crippen LogP contribution in [-0.4, -0.2) is 25.7 Å². The van der Waals surface area contributed by atoms with Gasteiger partial charge in [-0.1, -0.05) is 6.07 Å². The fourth-order valence-corrected chi connectivity index (χ4v) is 2.20. The molecular weight excluding hydrogens is 335 g/mol. The maximum atomic E-state index is 12.9. The highest BCUT2D eigenvalue weighted by atomic mass is 19.4. The lowest BCUT2D eigenvalue weighted by Crippen LogP contribution is -2.16. The van der Waals surface area contributed by atoms with Gasteiger partial charge in [-0.25, -0.2) is 9.67 Å². The van der Waals surface area contributed by atoms with E-state index in [1.54, 1.807) is 13.0 Å². The van der Waals surface area contributed by atoms with Gasteiger partial charge in [0.2, 0.25) is 0 Å². The normalized spacial score (nSPS) is 11.4. The number of carbonyl (C=O) groups is 1. The van der Waals surface area contributed by atoms with Gasteiger partial charge in [0, 0.05) is 18.5 Å². The first-order valence-corrected chi connectivity index (χ1v) is 7.16. The Hall–Kier alpha value is -3.23. The SMILES string of the molecule is Cc1cc(NC(=O)c2cnccn2)n(-c2cccc(C(F)(F)F)c2)n1. The van der Waals surface area contributed by atoms with E-state index < -0.39 is 17.6 Å². The molecule has 0 unspecified atom stereocenters. The van der Waals surface area contributed by atoms with E-state index in [1.807, 2.05) is 0 Å². The molecule has 0 aliphatic rings. The van der Waals surface area contributed by atoms with Gasteiger partial charge in [0.1, 0.15) is 11.5 Å². The zero-order valence-electron chi connectivity index (χ0n) is 12.9. The molecule has 1 aromatic carbocycles. The Kier molecular flexibility index (Phi) is 4.22. The van der Waals surface area contributed by atoms with Gasteiger partial charge >= 0.3 is 6.18 Å². The number of nitrogens with zero attached hydrogens (tertiary/aromatic N) is 4. The summed E-state index contributed by atoms with van der Waals surface area (Å²) < 4.78 is 40.0. The average molecular weight is 347 g/mol. The summed E-state index contributed by atoms with van der Waals surface area (Å²) in [5.74, 6) is -0.311. The molecule has 0 fully saturated rings. The number of halogens is 3. The lowest BCUT2D eigenvalue weighted by Gasteiger charge is -2.11. The van der Waals surface area contributed by atoms with Crippen molar-refractivity contribution in [1.29, 1.82) is 0 Å². The standard InChI is InChI=1S/C16H12F3N5O/c1-10-7-14(22-15(25)13-9-20-5-6-21-13)24(23-10)12-4-2-3-11(8-12)16(17,18)19/h2-9H,1H3,(H,22,25). The molecule has 3 rings (SSSR count). The summed E-state index contributed by atoms with van der Waals surface area (Å²) in [6, 6.07) is 6.24. The Morgan fingerprint density at radius 1 is 1.20 bits per heavy atom. The molecule has 128 valence electrons. The minimum absolute atomic E-state index is 0.0805. The lowest BCUT2D eigenvalue weighted by atomic mass is 10.2. The largest absolute Gasteiger partial charge is 0.416 e. The summed E-state index contributed by atoms with van der Waals surface area (Å²) >= 11 is 0. The van der Waals surface area contributed by atoms with Crippen LogP contribution in [0, 0.1) is 6.92 Å². The second-order valence-corrected chi connectivity index (χ2v) is 5.18. The maximum absolute atomic E-state index is 12.9. The van der Waals surface area contributed by atoms with E-state index in [0.29, 0.717) is 5.69 Å². The van der Waals surface area contributed by atoms with Crippen LogP contribution in [-0.2, 0) is 6.18 Å². The van der Waals surface area contributed by atoms with Gasteiger partial charge in [-0.2, -0.15) is 18.3 Å². The van der Waals surface area contributed by atoms with Gasteiger partial charge < -0.3 is 5.32 Å². The molecule has 2 heterocycles. The van der Waals surface area contributed by atoms with Crippen molar-refractivity contribution < 1.29 is 18.0 Å². The third-order valence-electron chi connectivity index (χ3n) is 3.29. The van der Waals surface area contributed by atoms with Gasteiger partial charge in [0.05, 0.1) is 23.1 Å². The molecule has 9 heteroatoms. The molecule has 0 aliphatic carbocycles. The van der Waals surface area contributed by atoms with Crippen LogP contribution >= 0.6 is 0 Å². The summed E-state index contributed by atoms with van der Waals surface area (Å²) in [5.41, 5.74) is -0.00877. The van der Waals surface area contributed by atoms with Crippen LogP contribution in [0.2, 0.25) is 0 Å². The maximum Gasteiger partial charge on any atom is 0.416 e. The molecule has 0 aliphatic heterocycles. The van der Waals surface area contributed by atoms with E-state index in [1.165, 1.54) is 35.4 Å². The molecule has 0 atom stereocenters. The van der Waals surface area contributed by atoms with Gasteiger partial charge in [0.25, 0.3) is 5.91 Å². The minimum atomic E-state index is -4.47. The van der Waals surface area contributed by atoms with Crippen molar-refractivity contribution in [3.05, 3.63) is 65.9 Å². The van der Waals surface area contributed by atoms with Gasteiger partial charge in [-0.15, -0.1) is 0 Å². The number of aromatic nitrogens is 4. The quantitative estimate of drug-likeness (QED) is 0.789. The average Bonchev–Trinajstić information content (AvgIpc) is 2.95. The van der Waals surface area contributed by atoms with Crippen molar-refractivity contribution in [2.75, 3.05) is 5.32 Å². The third kappa shape index (κ3) is 3.65. The molecule has 1 amide bonds. The second kappa shape index (κ2) is 6.34. The van der Waals surface area contributed by atoms with Crippen molar-refractivity contribution in [2.45, 2.75) is 13.1 Å². The molecule has 25 heavy (non-hydrogen) atoms. The molecule has 1 N–H and O–H groups in total. The van der Waals surface area contributed by atoms with Crippen LogP contribution in [0.1, 0.15) is 21.7 Å².